The summed E-state index contributed by atoms with van der Waals surface area (Å²) >= 11 is 0. The quantitative estimate of drug-likeness (QED) is 0.528. The lowest BCUT2D eigenvalue weighted by molar-refractivity contribution is -0.122. The molecule has 2 heteroatoms. The van der Waals surface area contributed by atoms with Crippen LogP contribution in [0.15, 0.2) is 23.9 Å². The van der Waals surface area contributed by atoms with E-state index in [9.17, 15) is 4.79 Å². The molecular formula is C19H23NO. The van der Waals surface area contributed by atoms with Crippen molar-refractivity contribution in [2.75, 3.05) is 0 Å². The van der Waals surface area contributed by atoms with Crippen LogP contribution in [0.3, 0.4) is 0 Å². The Morgan fingerprint density at radius 3 is 2.43 bits per heavy atom. The molecule has 1 aromatic carbocycles. The molecule has 0 aromatic heterocycles. The molecule has 1 aliphatic carbocycles. The van der Waals surface area contributed by atoms with E-state index >= 15 is 0 Å². The smallest absolute Gasteiger partial charge is 0.233 e. The van der Waals surface area contributed by atoms with E-state index in [-0.39, 0.29) is 11.2 Å². The zero-order chi connectivity index (χ0) is 16.0. The van der Waals surface area contributed by atoms with Gasteiger partial charge in [0.1, 0.15) is 0 Å². The molecule has 0 heterocycles. The van der Waals surface area contributed by atoms with Crippen LogP contribution in [-0.2, 0) is 10.2 Å². The Kier molecular flexibility index (Phi) is 3.58. The van der Waals surface area contributed by atoms with E-state index in [1.54, 1.807) is 0 Å². The number of hydrogen-bond acceptors (Lipinski definition) is 1. The first-order valence-corrected chi connectivity index (χ1v) is 7.35. The molecule has 0 atom stereocenters. The Morgan fingerprint density at radius 2 is 1.90 bits per heavy atom. The molecule has 1 aromatic rings. The first-order chi connectivity index (χ1) is 9.58. The maximum absolute atomic E-state index is 12.6. The van der Waals surface area contributed by atoms with E-state index in [1.165, 1.54) is 5.56 Å². The number of rotatable bonds is 1. The minimum atomic E-state index is -0.524. The van der Waals surface area contributed by atoms with Gasteiger partial charge >= 0.3 is 0 Å². The van der Waals surface area contributed by atoms with Crippen LogP contribution in [0, 0.1) is 18.9 Å². The van der Waals surface area contributed by atoms with Crippen molar-refractivity contribution in [3.8, 4) is 0 Å². The summed E-state index contributed by atoms with van der Waals surface area (Å²) in [6.07, 6.45) is 0.755. The predicted molar refractivity (Wildman–Crippen MR) is 86.8 cm³/mol. The minimum Gasteiger partial charge on any atom is -0.307 e. The molecular weight excluding hydrogens is 258 g/mol. The minimum absolute atomic E-state index is 0.0214. The fourth-order valence-corrected chi connectivity index (χ4v) is 2.95. The molecule has 1 aliphatic rings. The molecule has 2 nitrogen and oxygen atoms in total. The van der Waals surface area contributed by atoms with Crippen LogP contribution >= 0.6 is 0 Å². The number of benzene rings is 1. The largest absolute Gasteiger partial charge is 0.307 e. The highest BCUT2D eigenvalue weighted by Crippen LogP contribution is 2.47. The zero-order valence-corrected chi connectivity index (χ0v) is 13.8. The maximum atomic E-state index is 12.6. The SMILES string of the molecule is [C-]#[N+]/C(C(=O)C(C)(C)C)=C1/CC(C)(C)c2ccc(C)cc21. The van der Waals surface area contributed by atoms with Gasteiger partial charge in [0.2, 0.25) is 5.70 Å². The predicted octanol–water partition coefficient (Wildman–Crippen LogP) is 4.92. The summed E-state index contributed by atoms with van der Waals surface area (Å²) < 4.78 is 0. The molecule has 0 saturated heterocycles. The Morgan fingerprint density at radius 1 is 1.29 bits per heavy atom. The zero-order valence-electron chi connectivity index (χ0n) is 13.8. The van der Waals surface area contributed by atoms with Gasteiger partial charge in [-0.1, -0.05) is 58.4 Å². The average Bonchev–Trinajstić information content (AvgIpc) is 2.61. The molecule has 0 N–H and O–H groups in total. The van der Waals surface area contributed by atoms with E-state index in [4.69, 9.17) is 6.57 Å². The summed E-state index contributed by atoms with van der Waals surface area (Å²) in [7, 11) is 0. The molecule has 0 radical (unpaired) electrons. The number of Topliss-reactive ketones (excluding diaryl/α,β-unsaturated/α-hetero) is 1. The van der Waals surface area contributed by atoms with Crippen LogP contribution in [-0.4, -0.2) is 5.78 Å². The standard InChI is InChI=1S/C19H23NO/c1-12-8-9-15-13(10-12)14(11-19(15,5)6)16(20-7)17(21)18(2,3)4/h8-10H,11H2,1-6H3/b16-14-. The first-order valence-electron chi connectivity index (χ1n) is 7.35. The lowest BCUT2D eigenvalue weighted by Crippen LogP contribution is -2.21. The normalized spacial score (nSPS) is 18.9. The van der Waals surface area contributed by atoms with E-state index in [0.29, 0.717) is 5.70 Å². The van der Waals surface area contributed by atoms with Gasteiger partial charge in [0.25, 0.3) is 0 Å². The highest BCUT2D eigenvalue weighted by molar-refractivity contribution is 6.08. The summed E-state index contributed by atoms with van der Waals surface area (Å²) in [4.78, 5) is 16.2. The second kappa shape index (κ2) is 4.84. The maximum Gasteiger partial charge on any atom is 0.233 e. The summed E-state index contributed by atoms with van der Waals surface area (Å²) in [5.41, 5.74) is 4.19. The number of hydrogen-bond donors (Lipinski definition) is 0. The van der Waals surface area contributed by atoms with Crippen LogP contribution in [0.5, 0.6) is 0 Å². The van der Waals surface area contributed by atoms with Crippen molar-refractivity contribution in [2.24, 2.45) is 5.41 Å². The van der Waals surface area contributed by atoms with Crippen molar-refractivity contribution in [3.63, 3.8) is 0 Å². The lowest BCUT2D eigenvalue weighted by Gasteiger charge is -2.19. The molecule has 2 rings (SSSR count). The second-order valence-corrected chi connectivity index (χ2v) is 7.63. The Labute approximate surface area is 127 Å². The number of allylic oxidation sites excluding steroid dienone is 2. The van der Waals surface area contributed by atoms with Crippen molar-refractivity contribution < 1.29 is 4.79 Å². The van der Waals surface area contributed by atoms with Gasteiger partial charge in [-0.05, 0) is 35.5 Å². The van der Waals surface area contributed by atoms with Gasteiger partial charge in [-0.2, -0.15) is 0 Å². The molecule has 0 unspecified atom stereocenters. The number of ketones is 1. The summed E-state index contributed by atoms with van der Waals surface area (Å²) in [6.45, 7) is 19.5. The van der Waals surface area contributed by atoms with Crippen LogP contribution in [0.2, 0.25) is 0 Å². The van der Waals surface area contributed by atoms with Crippen molar-refractivity contribution in [1.29, 1.82) is 0 Å². The van der Waals surface area contributed by atoms with Crippen LogP contribution < -0.4 is 0 Å². The summed E-state index contributed by atoms with van der Waals surface area (Å²) in [5, 5.41) is 0. The number of fused-ring (bicyclic) bond motifs is 1. The van der Waals surface area contributed by atoms with Gasteiger partial charge in [0.05, 0.1) is 6.57 Å². The van der Waals surface area contributed by atoms with Crippen molar-refractivity contribution in [3.05, 3.63) is 52.0 Å². The number of aryl methyl sites for hydroxylation is 1. The van der Waals surface area contributed by atoms with Crippen molar-refractivity contribution >= 4 is 11.4 Å². The van der Waals surface area contributed by atoms with Crippen molar-refractivity contribution in [1.82, 2.24) is 0 Å². The fourth-order valence-electron chi connectivity index (χ4n) is 2.95. The fraction of sp³-hybridized carbons (Fsp3) is 0.474. The lowest BCUT2D eigenvalue weighted by atomic mass is 9.85. The molecule has 0 saturated carbocycles. The van der Waals surface area contributed by atoms with Gasteiger partial charge in [-0.15, -0.1) is 0 Å². The molecule has 0 spiro atoms. The third-order valence-electron chi connectivity index (χ3n) is 4.14. The van der Waals surface area contributed by atoms with Crippen LogP contribution in [0.1, 0.15) is 57.7 Å². The Bertz CT molecular complexity index is 678. The second-order valence-electron chi connectivity index (χ2n) is 7.63. The topological polar surface area (TPSA) is 21.4 Å². The van der Waals surface area contributed by atoms with E-state index in [1.807, 2.05) is 27.7 Å². The molecule has 0 fully saturated rings. The summed E-state index contributed by atoms with van der Waals surface area (Å²) in [6, 6.07) is 6.36. The van der Waals surface area contributed by atoms with Crippen LogP contribution in [0.4, 0.5) is 0 Å². The molecule has 21 heavy (non-hydrogen) atoms. The Balaban J connectivity index is 2.72. The Hall–Kier alpha value is -1.88. The monoisotopic (exact) mass is 281 g/mol. The molecule has 110 valence electrons. The average molecular weight is 281 g/mol. The third kappa shape index (κ3) is 2.65. The van der Waals surface area contributed by atoms with Crippen molar-refractivity contribution in [2.45, 2.75) is 53.4 Å². The van der Waals surface area contributed by atoms with Gasteiger partial charge in [0, 0.05) is 5.41 Å². The molecule has 0 bridgehead atoms. The highest BCUT2D eigenvalue weighted by atomic mass is 16.1. The van der Waals surface area contributed by atoms with Gasteiger partial charge < -0.3 is 4.79 Å². The molecule has 0 aliphatic heterocycles. The van der Waals surface area contributed by atoms with E-state index in [2.05, 4.69) is 36.9 Å². The first kappa shape index (κ1) is 15.5. The third-order valence-corrected chi connectivity index (χ3v) is 4.14. The van der Waals surface area contributed by atoms with E-state index in [0.717, 1.165) is 23.1 Å². The number of carbonyl (C=O) groups excluding carboxylic acids is 1. The highest BCUT2D eigenvalue weighted by Gasteiger charge is 2.37. The van der Waals surface area contributed by atoms with Gasteiger partial charge in [-0.3, -0.25) is 0 Å². The van der Waals surface area contributed by atoms with E-state index < -0.39 is 5.41 Å². The summed E-state index contributed by atoms with van der Waals surface area (Å²) in [5.74, 6) is -0.0577. The van der Waals surface area contributed by atoms with Crippen LogP contribution in [0.25, 0.3) is 10.4 Å². The molecule has 0 amide bonds. The number of nitrogens with zero attached hydrogens (tertiary/aromatic N) is 1. The van der Waals surface area contributed by atoms with Gasteiger partial charge in [-0.25, -0.2) is 4.85 Å². The van der Waals surface area contributed by atoms with Gasteiger partial charge in [0.15, 0.2) is 5.78 Å². The number of carbonyl (C=O) groups is 1.